The number of nitrogens with zero attached hydrogens (tertiary/aromatic N) is 7. The first-order valence-electron chi connectivity index (χ1n) is 7.53. The van der Waals surface area contributed by atoms with E-state index in [1.54, 1.807) is 17.1 Å². The van der Waals surface area contributed by atoms with Gasteiger partial charge in [-0.1, -0.05) is 10.4 Å². The summed E-state index contributed by atoms with van der Waals surface area (Å²) in [7, 11) is 0. The van der Waals surface area contributed by atoms with E-state index in [-0.39, 0.29) is 17.5 Å². The van der Waals surface area contributed by atoms with Gasteiger partial charge in [-0.2, -0.15) is 0 Å². The molecule has 1 aliphatic rings. The second-order valence-electron chi connectivity index (χ2n) is 6.65. The zero-order valence-electron chi connectivity index (χ0n) is 13.2. The topological polar surface area (TPSA) is 81.7 Å². The molecule has 0 aliphatic carbocycles. The first kappa shape index (κ1) is 14.7. The van der Waals surface area contributed by atoms with Crippen molar-refractivity contribution < 1.29 is 4.79 Å². The van der Waals surface area contributed by atoms with E-state index >= 15 is 0 Å². The van der Waals surface area contributed by atoms with Crippen LogP contribution in [0.4, 0.5) is 0 Å². The molecule has 1 amide bonds. The lowest BCUT2D eigenvalue weighted by molar-refractivity contribution is 0.0665. The number of amides is 1. The van der Waals surface area contributed by atoms with Crippen LogP contribution in [0, 0.1) is 0 Å². The Labute approximate surface area is 129 Å². The Morgan fingerprint density at radius 3 is 2.77 bits per heavy atom. The van der Waals surface area contributed by atoms with E-state index < -0.39 is 0 Å². The molecule has 0 saturated carbocycles. The molecule has 3 heterocycles. The fourth-order valence-electron chi connectivity index (χ4n) is 2.62. The van der Waals surface area contributed by atoms with Gasteiger partial charge in [-0.3, -0.25) is 4.79 Å². The van der Waals surface area contributed by atoms with Crippen molar-refractivity contribution in [3.63, 3.8) is 0 Å². The summed E-state index contributed by atoms with van der Waals surface area (Å²) in [4.78, 5) is 14.4. The minimum absolute atomic E-state index is 0.0692. The van der Waals surface area contributed by atoms with Crippen molar-refractivity contribution >= 4 is 5.91 Å². The predicted octanol–water partition coefficient (Wildman–Crippen LogP) is 1.10. The molecule has 0 aromatic carbocycles. The maximum atomic E-state index is 12.6. The highest BCUT2D eigenvalue weighted by Gasteiger charge is 2.28. The summed E-state index contributed by atoms with van der Waals surface area (Å²) in [6.45, 7) is 7.45. The smallest absolute Gasteiger partial charge is 0.276 e. The van der Waals surface area contributed by atoms with E-state index in [1.807, 2.05) is 36.5 Å². The number of likely N-dealkylation sites (tertiary alicyclic amines) is 1. The average molecular weight is 303 g/mol. The summed E-state index contributed by atoms with van der Waals surface area (Å²) in [6.07, 6.45) is 7.18. The Hall–Kier alpha value is -2.25. The van der Waals surface area contributed by atoms with E-state index in [1.165, 1.54) is 0 Å². The van der Waals surface area contributed by atoms with Crippen LogP contribution in [0.3, 0.4) is 0 Å². The molecular weight excluding hydrogens is 282 g/mol. The van der Waals surface area contributed by atoms with Crippen LogP contribution < -0.4 is 0 Å². The van der Waals surface area contributed by atoms with Crippen LogP contribution in [-0.4, -0.2) is 53.9 Å². The van der Waals surface area contributed by atoms with Gasteiger partial charge in [0.25, 0.3) is 5.91 Å². The Morgan fingerprint density at radius 1 is 1.32 bits per heavy atom. The van der Waals surface area contributed by atoms with Crippen LogP contribution in [0.25, 0.3) is 0 Å². The van der Waals surface area contributed by atoms with E-state index in [4.69, 9.17) is 0 Å². The Bertz CT molecular complexity index is 640. The van der Waals surface area contributed by atoms with Crippen molar-refractivity contribution in [3.05, 3.63) is 24.3 Å². The summed E-state index contributed by atoms with van der Waals surface area (Å²) in [5, 5.41) is 16.0. The van der Waals surface area contributed by atoms with Crippen LogP contribution in [0.2, 0.25) is 0 Å². The molecule has 118 valence electrons. The van der Waals surface area contributed by atoms with Gasteiger partial charge < -0.3 is 4.90 Å². The molecule has 8 nitrogen and oxygen atoms in total. The average Bonchev–Trinajstić information content (AvgIpc) is 3.17. The number of rotatable bonds is 2. The van der Waals surface area contributed by atoms with Crippen molar-refractivity contribution in [1.82, 2.24) is 34.9 Å². The lowest BCUT2D eigenvalue weighted by Crippen LogP contribution is -2.41. The Kier molecular flexibility index (Phi) is 3.67. The van der Waals surface area contributed by atoms with Crippen LogP contribution in [-0.2, 0) is 5.54 Å². The second kappa shape index (κ2) is 5.51. The third kappa shape index (κ3) is 2.86. The van der Waals surface area contributed by atoms with Crippen LogP contribution in [0.15, 0.2) is 18.6 Å². The Balaban J connectivity index is 1.73. The third-order valence-corrected chi connectivity index (χ3v) is 3.90. The molecule has 0 spiro atoms. The third-order valence-electron chi connectivity index (χ3n) is 3.90. The zero-order chi connectivity index (χ0) is 15.7. The molecule has 0 bridgehead atoms. The molecule has 1 atom stereocenters. The highest BCUT2D eigenvalue weighted by molar-refractivity contribution is 5.92. The number of carbonyl (C=O) groups excluding carboxylic acids is 1. The van der Waals surface area contributed by atoms with Crippen LogP contribution >= 0.6 is 0 Å². The molecule has 1 fully saturated rings. The molecule has 22 heavy (non-hydrogen) atoms. The van der Waals surface area contributed by atoms with Crippen molar-refractivity contribution in [2.24, 2.45) is 0 Å². The summed E-state index contributed by atoms with van der Waals surface area (Å²) < 4.78 is 3.55. The largest absolute Gasteiger partial charge is 0.335 e. The molecule has 2 aromatic rings. The molecular formula is C14H21N7O. The number of piperidine rings is 1. The molecule has 3 rings (SSSR count). The van der Waals surface area contributed by atoms with Gasteiger partial charge >= 0.3 is 0 Å². The summed E-state index contributed by atoms with van der Waals surface area (Å²) in [5.41, 5.74) is 0.214. The van der Waals surface area contributed by atoms with Gasteiger partial charge in [-0.15, -0.1) is 10.2 Å². The quantitative estimate of drug-likeness (QED) is 0.830. The van der Waals surface area contributed by atoms with Gasteiger partial charge in [0.05, 0.1) is 24.0 Å². The van der Waals surface area contributed by atoms with Crippen molar-refractivity contribution in [2.45, 2.75) is 45.2 Å². The minimum Gasteiger partial charge on any atom is -0.335 e. The summed E-state index contributed by atoms with van der Waals surface area (Å²) in [5.74, 6) is -0.0692. The van der Waals surface area contributed by atoms with Crippen molar-refractivity contribution in [3.8, 4) is 0 Å². The molecule has 1 unspecified atom stereocenters. The maximum absolute atomic E-state index is 12.6. The van der Waals surface area contributed by atoms with Crippen molar-refractivity contribution in [1.29, 1.82) is 0 Å². The highest BCUT2D eigenvalue weighted by Crippen LogP contribution is 2.22. The lowest BCUT2D eigenvalue weighted by Gasteiger charge is -2.32. The van der Waals surface area contributed by atoms with E-state index in [9.17, 15) is 4.79 Å². The van der Waals surface area contributed by atoms with Gasteiger partial charge in [0, 0.05) is 19.3 Å². The lowest BCUT2D eigenvalue weighted by atomic mass is 10.1. The maximum Gasteiger partial charge on any atom is 0.276 e. The first-order valence-corrected chi connectivity index (χ1v) is 7.53. The van der Waals surface area contributed by atoms with Gasteiger partial charge in [-0.05, 0) is 33.6 Å². The van der Waals surface area contributed by atoms with Gasteiger partial charge in [0.2, 0.25) is 0 Å². The van der Waals surface area contributed by atoms with E-state index in [2.05, 4.69) is 20.6 Å². The monoisotopic (exact) mass is 303 g/mol. The second-order valence-corrected chi connectivity index (χ2v) is 6.65. The zero-order valence-corrected chi connectivity index (χ0v) is 13.2. The molecule has 0 N–H and O–H groups in total. The van der Waals surface area contributed by atoms with Gasteiger partial charge in [0.15, 0.2) is 5.69 Å². The van der Waals surface area contributed by atoms with Gasteiger partial charge in [-0.25, -0.2) is 9.36 Å². The van der Waals surface area contributed by atoms with Crippen LogP contribution in [0.1, 0.15) is 50.1 Å². The fraction of sp³-hybridized carbons (Fsp3) is 0.643. The minimum atomic E-state index is -0.184. The normalized spacial score (nSPS) is 19.4. The molecule has 2 aromatic heterocycles. The highest BCUT2D eigenvalue weighted by atomic mass is 16.2. The molecule has 1 saturated heterocycles. The Morgan fingerprint density at radius 2 is 2.14 bits per heavy atom. The number of hydrogen-bond acceptors (Lipinski definition) is 5. The van der Waals surface area contributed by atoms with Crippen LogP contribution in [0.5, 0.6) is 0 Å². The summed E-state index contributed by atoms with van der Waals surface area (Å²) in [6, 6.07) is 0.179. The predicted molar refractivity (Wildman–Crippen MR) is 79.2 cm³/mol. The molecule has 0 radical (unpaired) electrons. The van der Waals surface area contributed by atoms with E-state index in [0.29, 0.717) is 12.2 Å². The standard InChI is InChI=1S/C14H21N7O/c1-14(2,3)21-10-12(16-18-21)13(22)19-7-4-5-11(9-19)20-8-6-15-17-20/h6,8,10-11H,4-5,7,9H2,1-3H3. The fourth-order valence-corrected chi connectivity index (χ4v) is 2.62. The number of carbonyl (C=O) groups is 1. The van der Waals surface area contributed by atoms with Crippen molar-refractivity contribution in [2.75, 3.05) is 13.1 Å². The van der Waals surface area contributed by atoms with Gasteiger partial charge in [0.1, 0.15) is 0 Å². The SMILES string of the molecule is CC(C)(C)n1cc(C(=O)N2CCCC(n3ccnn3)C2)nn1. The summed E-state index contributed by atoms with van der Waals surface area (Å²) >= 11 is 0. The number of hydrogen-bond donors (Lipinski definition) is 0. The molecule has 1 aliphatic heterocycles. The number of aromatic nitrogens is 6. The first-order chi connectivity index (χ1) is 10.4. The molecule has 8 heteroatoms. The van der Waals surface area contributed by atoms with E-state index in [0.717, 1.165) is 19.4 Å².